The monoisotopic (exact) mass is 1080 g/mol. The van der Waals surface area contributed by atoms with Gasteiger partial charge in [-0.2, -0.15) is 0 Å². The molecule has 0 N–H and O–H groups in total. The molecule has 0 radical (unpaired) electrons. The topological polar surface area (TPSA) is 149 Å². The minimum Gasteiger partial charge on any atom is -0.490 e. The summed E-state index contributed by atoms with van der Waals surface area (Å²) in [6.07, 6.45) is 4.12. The third kappa shape index (κ3) is 12.0. The largest absolute Gasteiger partial charge is 0.490 e. The lowest BCUT2D eigenvalue weighted by molar-refractivity contribution is -0.163. The molecule has 2 saturated heterocycles. The number of halogens is 3. The first-order chi connectivity index (χ1) is 36.1. The molecule has 15 nitrogen and oxygen atoms in total. The quantitative estimate of drug-likeness (QED) is 0.107. The number of likely N-dealkylation sites (N-methyl/N-ethyl adjacent to an activating group) is 1. The van der Waals surface area contributed by atoms with Crippen LogP contribution >= 0.6 is 34.5 Å². The summed E-state index contributed by atoms with van der Waals surface area (Å²) in [4.78, 5) is 39.8. The molecule has 7 heterocycles. The molecule has 1 saturated carbocycles. The number of aromatic nitrogens is 4. The fraction of sp³-hybridized carbons (Fsp3) is 0.482. The first kappa shape index (κ1) is 53.2. The van der Waals surface area contributed by atoms with E-state index in [0.717, 1.165) is 55.9 Å². The molecule has 6 aromatic rings. The first-order valence-corrected chi connectivity index (χ1v) is 27.2. The maximum atomic E-state index is 14.7. The second-order valence-corrected chi connectivity index (χ2v) is 22.7. The van der Waals surface area contributed by atoms with E-state index in [4.69, 9.17) is 81.0 Å². The fourth-order valence-corrected chi connectivity index (χ4v) is 11.7. The summed E-state index contributed by atoms with van der Waals surface area (Å²) in [5.74, 6) is 1.14. The van der Waals surface area contributed by atoms with Crippen molar-refractivity contribution in [1.29, 1.82) is 0 Å². The zero-order chi connectivity index (χ0) is 52.4. The third-order valence-corrected chi connectivity index (χ3v) is 16.3. The Labute approximate surface area is 450 Å². The van der Waals surface area contributed by atoms with Gasteiger partial charge < -0.3 is 42.8 Å². The summed E-state index contributed by atoms with van der Waals surface area (Å²) in [5.41, 5.74) is 3.52. The van der Waals surface area contributed by atoms with E-state index in [9.17, 15) is 9.18 Å². The second kappa shape index (κ2) is 22.8. The van der Waals surface area contributed by atoms with Crippen molar-refractivity contribution in [3.63, 3.8) is 0 Å². The Hall–Kier alpha value is -5.24. The number of hydrogen-bond acceptors (Lipinski definition) is 16. The van der Waals surface area contributed by atoms with Gasteiger partial charge in [0.05, 0.1) is 59.6 Å². The molecular formula is C56H63Cl2FN6O9S. The SMILES string of the molecule is Cc1c(Cl)c2c(Cl)c(C)c1-c1c(-c3ccc(F)cc3)sc3ncnc(c13)O[C@@H](C(=O)OC(C)(C)C)Cc1cc(ccc1OCc1ccnc(C3(COC[C@H]4COCCO4)CCC3)n1)OC[C@@H](CN1CCN(C)CC1)O2. The molecule has 0 unspecified atom stereocenters. The van der Waals surface area contributed by atoms with Gasteiger partial charge in [0.25, 0.3) is 0 Å². The van der Waals surface area contributed by atoms with E-state index >= 15 is 0 Å². The fourth-order valence-electron chi connectivity index (χ4n) is 10.0. The molecule has 5 aliphatic rings. The van der Waals surface area contributed by atoms with E-state index in [0.29, 0.717) is 116 Å². The van der Waals surface area contributed by atoms with Gasteiger partial charge in [-0.05, 0) is 113 Å². The number of nitrogens with zero attached hydrogens (tertiary/aromatic N) is 6. The number of ether oxygens (including phenoxy) is 8. The molecule has 0 amide bonds. The molecule has 1 aliphatic carbocycles. The predicted molar refractivity (Wildman–Crippen MR) is 285 cm³/mol. The highest BCUT2D eigenvalue weighted by atomic mass is 35.5. The highest BCUT2D eigenvalue weighted by Crippen LogP contribution is 2.53. The number of esters is 1. The van der Waals surface area contributed by atoms with Crippen LogP contribution in [0.15, 0.2) is 61.1 Å². The molecule has 4 bridgehead atoms. The Bertz CT molecular complexity index is 2980. The van der Waals surface area contributed by atoms with Crippen LogP contribution in [-0.2, 0) is 42.2 Å². The van der Waals surface area contributed by atoms with Crippen LogP contribution in [0.5, 0.6) is 23.1 Å². The summed E-state index contributed by atoms with van der Waals surface area (Å²) in [7, 11) is 2.12. The van der Waals surface area contributed by atoms with E-state index in [-0.39, 0.29) is 42.9 Å². The molecule has 398 valence electrons. The summed E-state index contributed by atoms with van der Waals surface area (Å²) in [6, 6.07) is 13.6. The Balaban J connectivity index is 1.05. The van der Waals surface area contributed by atoms with Gasteiger partial charge in [-0.1, -0.05) is 41.8 Å². The standard InChI is InChI=1S/C56H63Cl2FN6O9S/c1-33-44-34(2)48(58)49(47(33)57)72-40(26-65-20-18-64(6)19-21-65)30-70-39-12-13-42(71-27-38-14-17-60-54(63-38)56(15-7-16-56)31-68-29-41-28-67-22-23-69-41)36(24-39)25-43(53(66)74-55(3,4)5)73-51-46-45(44)50(75-52(46)62-32-61-51)35-8-10-37(59)11-9-35/h8-14,17,24,32,40-41,43H,7,15-16,18-23,25-31H2,1-6H3/t40-,41-,43-/m1/s1. The van der Waals surface area contributed by atoms with Crippen LogP contribution in [0.1, 0.15) is 68.2 Å². The summed E-state index contributed by atoms with van der Waals surface area (Å²) < 4.78 is 65.4. The molecule has 3 atom stereocenters. The van der Waals surface area contributed by atoms with Gasteiger partial charge in [0.1, 0.15) is 65.3 Å². The van der Waals surface area contributed by atoms with Crippen molar-refractivity contribution < 1.29 is 47.1 Å². The third-order valence-electron chi connectivity index (χ3n) is 14.2. The zero-order valence-electron chi connectivity index (χ0n) is 43.2. The zero-order valence-corrected chi connectivity index (χ0v) is 45.5. The van der Waals surface area contributed by atoms with Gasteiger partial charge >= 0.3 is 5.97 Å². The van der Waals surface area contributed by atoms with Crippen molar-refractivity contribution in [3.05, 3.63) is 105 Å². The summed E-state index contributed by atoms with van der Waals surface area (Å²) >= 11 is 16.2. The van der Waals surface area contributed by atoms with Crippen molar-refractivity contribution >= 4 is 50.7 Å². The van der Waals surface area contributed by atoms with Crippen LogP contribution in [0.3, 0.4) is 0 Å². The van der Waals surface area contributed by atoms with E-state index in [1.807, 2.05) is 38.1 Å². The molecular weight excluding hydrogens is 1020 g/mol. The van der Waals surface area contributed by atoms with Crippen molar-refractivity contribution in [2.75, 3.05) is 79.4 Å². The van der Waals surface area contributed by atoms with Crippen LogP contribution in [0.25, 0.3) is 31.8 Å². The molecule has 19 heteroatoms. The molecule has 0 spiro atoms. The minimum absolute atomic E-state index is 0.0201. The van der Waals surface area contributed by atoms with Gasteiger partial charge in [-0.15, -0.1) is 11.3 Å². The number of carbonyl (C=O) groups is 1. The number of hydrogen-bond donors (Lipinski definition) is 0. The van der Waals surface area contributed by atoms with Crippen LogP contribution in [0.4, 0.5) is 4.39 Å². The van der Waals surface area contributed by atoms with Gasteiger partial charge in [0, 0.05) is 61.3 Å². The molecule has 3 aromatic carbocycles. The highest BCUT2D eigenvalue weighted by Gasteiger charge is 2.42. The smallest absolute Gasteiger partial charge is 0.348 e. The van der Waals surface area contributed by atoms with E-state index in [2.05, 4.69) is 16.8 Å². The van der Waals surface area contributed by atoms with Crippen LogP contribution in [0, 0.1) is 19.7 Å². The van der Waals surface area contributed by atoms with Gasteiger partial charge in [-0.25, -0.2) is 29.1 Å². The number of piperazine rings is 1. The van der Waals surface area contributed by atoms with Crippen molar-refractivity contribution in [2.45, 2.75) is 96.2 Å². The normalized spacial score (nSPS) is 20.4. The Morgan fingerprint density at radius 1 is 0.920 bits per heavy atom. The maximum Gasteiger partial charge on any atom is 0.348 e. The Kier molecular flexibility index (Phi) is 16.1. The molecule has 3 aromatic heterocycles. The number of thiophene rings is 1. The number of carbonyl (C=O) groups excluding carboxylic acids is 1. The van der Waals surface area contributed by atoms with Crippen molar-refractivity contribution in [3.8, 4) is 44.7 Å². The lowest BCUT2D eigenvalue weighted by Gasteiger charge is -2.40. The highest BCUT2D eigenvalue weighted by molar-refractivity contribution is 7.22. The molecule has 11 rings (SSSR count). The van der Waals surface area contributed by atoms with Crippen molar-refractivity contribution in [2.24, 2.45) is 0 Å². The van der Waals surface area contributed by atoms with Gasteiger partial charge in [0.15, 0.2) is 5.75 Å². The lowest BCUT2D eigenvalue weighted by Crippen LogP contribution is -2.49. The minimum atomic E-state index is -1.27. The van der Waals surface area contributed by atoms with Gasteiger partial charge in [-0.3, -0.25) is 4.90 Å². The summed E-state index contributed by atoms with van der Waals surface area (Å²) in [5, 5.41) is 1.15. The Morgan fingerprint density at radius 2 is 1.69 bits per heavy atom. The molecule has 75 heavy (non-hydrogen) atoms. The first-order valence-electron chi connectivity index (χ1n) is 25.6. The van der Waals surface area contributed by atoms with Crippen molar-refractivity contribution in [1.82, 2.24) is 29.7 Å². The van der Waals surface area contributed by atoms with Crippen LogP contribution in [0.2, 0.25) is 10.0 Å². The van der Waals surface area contributed by atoms with E-state index < -0.39 is 23.8 Å². The summed E-state index contributed by atoms with van der Waals surface area (Å²) in [6.45, 7) is 16.1. The van der Waals surface area contributed by atoms with Crippen LogP contribution < -0.4 is 18.9 Å². The number of rotatable bonds is 12. The molecule has 3 fully saturated rings. The average molecular weight is 1090 g/mol. The number of benzene rings is 3. The lowest BCUT2D eigenvalue weighted by atomic mass is 9.68. The second-order valence-electron chi connectivity index (χ2n) is 20.9. The van der Waals surface area contributed by atoms with E-state index in [1.165, 1.54) is 29.8 Å². The van der Waals surface area contributed by atoms with Gasteiger partial charge in [0.2, 0.25) is 12.0 Å². The Morgan fingerprint density at radius 3 is 2.40 bits per heavy atom. The van der Waals surface area contributed by atoms with Crippen LogP contribution in [-0.4, -0.2) is 139 Å². The maximum absolute atomic E-state index is 14.7. The van der Waals surface area contributed by atoms with E-state index in [1.54, 1.807) is 39.1 Å². The molecule has 4 aliphatic heterocycles. The number of fused-ring (bicyclic) bond motifs is 7. The predicted octanol–water partition coefficient (Wildman–Crippen LogP) is 10.0. The average Bonchev–Trinajstić information content (AvgIpc) is 3.79.